The maximum Gasteiger partial charge on any atom is 0.226 e. The number of carbonyl (C=O) groups excluding carboxylic acids is 1. The summed E-state index contributed by atoms with van der Waals surface area (Å²) in [4.78, 5) is 12.9. The van der Waals surface area contributed by atoms with Crippen molar-refractivity contribution in [1.29, 1.82) is 5.26 Å². The maximum atomic E-state index is 12.9. The Hall–Kier alpha value is -2.35. The highest BCUT2D eigenvalue weighted by atomic mass is 16.2. The van der Waals surface area contributed by atoms with Gasteiger partial charge in [0, 0.05) is 5.39 Å². The van der Waals surface area contributed by atoms with Crippen LogP contribution in [0.15, 0.2) is 30.5 Å². The molecule has 1 aromatic heterocycles. The minimum Gasteiger partial charge on any atom is -0.340 e. The Balaban J connectivity index is 1.81. The van der Waals surface area contributed by atoms with Gasteiger partial charge in [-0.2, -0.15) is 10.4 Å². The Labute approximate surface area is 149 Å². The average Bonchev–Trinajstić information content (AvgIpc) is 3.04. The molecule has 5 heteroatoms. The predicted octanol–water partition coefficient (Wildman–Crippen LogP) is 3.82. The van der Waals surface area contributed by atoms with Crippen LogP contribution in [0.25, 0.3) is 10.9 Å². The first-order chi connectivity index (χ1) is 12.1. The van der Waals surface area contributed by atoms with Gasteiger partial charge in [0.2, 0.25) is 5.91 Å². The van der Waals surface area contributed by atoms with E-state index in [1.54, 1.807) is 0 Å². The van der Waals surface area contributed by atoms with Gasteiger partial charge in [0.15, 0.2) is 0 Å². The number of nitrogens with zero attached hydrogens (tertiary/aromatic N) is 3. The minimum absolute atomic E-state index is 0.00326. The highest BCUT2D eigenvalue weighted by Gasteiger charge is 2.34. The van der Waals surface area contributed by atoms with Crippen LogP contribution >= 0.6 is 0 Å². The third-order valence-corrected chi connectivity index (χ3v) is 5.06. The van der Waals surface area contributed by atoms with Crippen LogP contribution < -0.4 is 5.32 Å². The number of para-hydroxylation sites is 1. The molecule has 3 atom stereocenters. The number of aromatic nitrogens is 2. The molecule has 1 N–H and O–H groups in total. The number of fused-ring (bicyclic) bond motifs is 1. The Morgan fingerprint density at radius 2 is 2.12 bits per heavy atom. The van der Waals surface area contributed by atoms with Crippen LogP contribution in [0.4, 0.5) is 0 Å². The van der Waals surface area contributed by atoms with Gasteiger partial charge in [-0.05, 0) is 31.2 Å². The molecular weight excluding hydrogens is 312 g/mol. The summed E-state index contributed by atoms with van der Waals surface area (Å²) in [5.41, 5.74) is 1.08. The van der Waals surface area contributed by atoms with E-state index < -0.39 is 6.04 Å². The molecule has 0 spiro atoms. The molecule has 1 aliphatic rings. The molecular formula is C20H26N4O. The summed E-state index contributed by atoms with van der Waals surface area (Å²) in [6.45, 7) is 4.13. The summed E-state index contributed by atoms with van der Waals surface area (Å²) in [5.74, 6) is 0.249. The second kappa shape index (κ2) is 7.69. The molecule has 1 saturated carbocycles. The fourth-order valence-electron chi connectivity index (χ4n) is 3.86. The Kier molecular flexibility index (Phi) is 5.37. The van der Waals surface area contributed by atoms with Crippen molar-refractivity contribution >= 4 is 16.8 Å². The number of amides is 1. The molecule has 0 unspecified atom stereocenters. The summed E-state index contributed by atoms with van der Waals surface area (Å²) >= 11 is 0. The third-order valence-electron chi connectivity index (χ3n) is 5.06. The fraction of sp³-hybridized carbons (Fsp3) is 0.550. The SMILES string of the molecule is CC(C)C[C@@H](C#N)NC(=O)[C@@H]1CCCC[C@@H]1n1ncc2ccccc21. The molecule has 25 heavy (non-hydrogen) atoms. The largest absolute Gasteiger partial charge is 0.340 e. The first-order valence-electron chi connectivity index (χ1n) is 9.22. The molecule has 1 aliphatic carbocycles. The van der Waals surface area contributed by atoms with Crippen LogP contribution in [-0.2, 0) is 4.79 Å². The van der Waals surface area contributed by atoms with E-state index in [2.05, 4.69) is 36.4 Å². The number of hydrogen-bond donors (Lipinski definition) is 1. The van der Waals surface area contributed by atoms with E-state index in [4.69, 9.17) is 0 Å². The van der Waals surface area contributed by atoms with E-state index in [1.165, 1.54) is 0 Å². The minimum atomic E-state index is -0.413. The summed E-state index contributed by atoms with van der Waals surface area (Å²) < 4.78 is 2.02. The van der Waals surface area contributed by atoms with Crippen LogP contribution in [0.5, 0.6) is 0 Å². The van der Waals surface area contributed by atoms with Gasteiger partial charge in [-0.15, -0.1) is 0 Å². The zero-order valence-electron chi connectivity index (χ0n) is 15.0. The maximum absolute atomic E-state index is 12.9. The fourth-order valence-corrected chi connectivity index (χ4v) is 3.86. The van der Waals surface area contributed by atoms with Crippen LogP contribution in [0.3, 0.4) is 0 Å². The molecule has 3 rings (SSSR count). The second-order valence-corrected chi connectivity index (χ2v) is 7.43. The van der Waals surface area contributed by atoms with Gasteiger partial charge >= 0.3 is 0 Å². The summed E-state index contributed by atoms with van der Waals surface area (Å²) in [6, 6.07) is 9.99. The molecule has 0 bridgehead atoms. The van der Waals surface area contributed by atoms with Gasteiger partial charge in [0.1, 0.15) is 6.04 Å². The Morgan fingerprint density at radius 3 is 2.88 bits per heavy atom. The summed E-state index contributed by atoms with van der Waals surface area (Å²) in [6.07, 6.45) is 6.52. The number of rotatable bonds is 5. The molecule has 1 heterocycles. The van der Waals surface area contributed by atoms with E-state index in [9.17, 15) is 10.1 Å². The van der Waals surface area contributed by atoms with Crippen molar-refractivity contribution in [2.75, 3.05) is 0 Å². The Morgan fingerprint density at radius 1 is 1.36 bits per heavy atom. The van der Waals surface area contributed by atoms with E-state index in [0.29, 0.717) is 12.3 Å². The number of nitrogens with one attached hydrogen (secondary N) is 1. The number of benzene rings is 1. The van der Waals surface area contributed by atoms with Crippen molar-refractivity contribution in [2.24, 2.45) is 11.8 Å². The highest BCUT2D eigenvalue weighted by molar-refractivity contribution is 5.81. The molecule has 0 radical (unpaired) electrons. The molecule has 132 valence electrons. The van der Waals surface area contributed by atoms with Crippen molar-refractivity contribution in [3.8, 4) is 6.07 Å². The molecule has 1 aromatic carbocycles. The Bertz CT molecular complexity index is 773. The topological polar surface area (TPSA) is 70.7 Å². The summed E-state index contributed by atoms with van der Waals surface area (Å²) in [7, 11) is 0. The molecule has 1 fully saturated rings. The molecule has 1 amide bonds. The normalized spacial score (nSPS) is 21.8. The van der Waals surface area contributed by atoms with Crippen LogP contribution in [0.2, 0.25) is 0 Å². The van der Waals surface area contributed by atoms with E-state index >= 15 is 0 Å². The first-order valence-corrected chi connectivity index (χ1v) is 9.22. The number of hydrogen-bond acceptors (Lipinski definition) is 3. The van der Waals surface area contributed by atoms with Crippen LogP contribution in [-0.4, -0.2) is 21.7 Å². The lowest BCUT2D eigenvalue weighted by Gasteiger charge is -2.32. The van der Waals surface area contributed by atoms with Crippen molar-refractivity contribution in [1.82, 2.24) is 15.1 Å². The highest BCUT2D eigenvalue weighted by Crippen LogP contribution is 2.35. The zero-order valence-corrected chi connectivity index (χ0v) is 15.0. The number of nitriles is 1. The van der Waals surface area contributed by atoms with Crippen molar-refractivity contribution in [2.45, 2.75) is 58.0 Å². The van der Waals surface area contributed by atoms with E-state index in [1.807, 2.05) is 29.1 Å². The van der Waals surface area contributed by atoms with Crippen molar-refractivity contribution < 1.29 is 4.79 Å². The second-order valence-electron chi connectivity index (χ2n) is 7.43. The average molecular weight is 338 g/mol. The zero-order chi connectivity index (χ0) is 17.8. The standard InChI is InChI=1S/C20H26N4O/c1-14(2)11-16(12-21)23-20(25)17-8-4-6-10-19(17)24-18-9-5-3-7-15(18)13-22-24/h3,5,7,9,13-14,16-17,19H,4,6,8,10-11H2,1-2H3,(H,23,25)/t16-,17+,19-/m0/s1. The third kappa shape index (κ3) is 3.84. The smallest absolute Gasteiger partial charge is 0.226 e. The lowest BCUT2D eigenvalue weighted by atomic mass is 9.83. The molecule has 2 aromatic rings. The monoisotopic (exact) mass is 338 g/mol. The van der Waals surface area contributed by atoms with Gasteiger partial charge in [-0.25, -0.2) is 0 Å². The van der Waals surface area contributed by atoms with E-state index in [-0.39, 0.29) is 17.9 Å². The number of carbonyl (C=O) groups is 1. The van der Waals surface area contributed by atoms with E-state index in [0.717, 1.165) is 36.6 Å². The van der Waals surface area contributed by atoms with Crippen molar-refractivity contribution in [3.05, 3.63) is 30.5 Å². The first kappa shape index (κ1) is 17.5. The van der Waals surface area contributed by atoms with Crippen LogP contribution in [0, 0.1) is 23.2 Å². The lowest BCUT2D eigenvalue weighted by Crippen LogP contribution is -2.43. The lowest BCUT2D eigenvalue weighted by molar-refractivity contribution is -0.128. The molecule has 5 nitrogen and oxygen atoms in total. The van der Waals surface area contributed by atoms with Gasteiger partial charge < -0.3 is 5.32 Å². The van der Waals surface area contributed by atoms with Gasteiger partial charge in [0.05, 0.1) is 29.7 Å². The van der Waals surface area contributed by atoms with Crippen LogP contribution in [0.1, 0.15) is 52.0 Å². The summed E-state index contributed by atoms with van der Waals surface area (Å²) in [5, 5.41) is 18.0. The van der Waals surface area contributed by atoms with Crippen molar-refractivity contribution in [3.63, 3.8) is 0 Å². The van der Waals surface area contributed by atoms with Gasteiger partial charge in [-0.3, -0.25) is 9.48 Å². The quantitative estimate of drug-likeness (QED) is 0.901. The van der Waals surface area contributed by atoms with Gasteiger partial charge in [0.25, 0.3) is 0 Å². The van der Waals surface area contributed by atoms with Gasteiger partial charge in [-0.1, -0.05) is 44.9 Å². The molecule has 0 aliphatic heterocycles. The predicted molar refractivity (Wildman–Crippen MR) is 97.7 cm³/mol. The molecule has 0 saturated heterocycles.